The molecule has 2 unspecified atom stereocenters. The first-order valence-corrected chi connectivity index (χ1v) is 29.1. The molecule has 0 aromatic heterocycles. The van der Waals surface area contributed by atoms with Gasteiger partial charge < -0.3 is 15.5 Å². The Bertz CT molecular complexity index is 1130. The van der Waals surface area contributed by atoms with Gasteiger partial charge in [-0.25, -0.2) is 0 Å². The number of carbonyl (C=O) groups excluding carboxylic acids is 1. The highest BCUT2D eigenvalue weighted by atomic mass is 16.3. The molecule has 0 heterocycles. The molecule has 3 N–H and O–H groups in total. The number of hydrogen-bond donors (Lipinski definition) is 3. The normalized spacial score (nSPS) is 13.3. The molecular formula is C62H113NO3. The second-order valence-corrected chi connectivity index (χ2v) is 19.7. The molecule has 4 heteroatoms. The Morgan fingerprint density at radius 2 is 0.667 bits per heavy atom. The number of hydrogen-bond acceptors (Lipinski definition) is 3. The molecule has 0 fully saturated rings. The fraction of sp³-hybridized carbons (Fsp3) is 0.790. The van der Waals surface area contributed by atoms with Crippen molar-refractivity contribution >= 4 is 5.91 Å². The molecular weight excluding hydrogens is 807 g/mol. The summed E-state index contributed by atoms with van der Waals surface area (Å²) in [5, 5.41) is 23.3. The van der Waals surface area contributed by atoms with E-state index < -0.39 is 12.1 Å². The fourth-order valence-corrected chi connectivity index (χ4v) is 8.84. The second-order valence-electron chi connectivity index (χ2n) is 19.7. The third-order valence-electron chi connectivity index (χ3n) is 13.2. The van der Waals surface area contributed by atoms with Crippen LogP contribution in [0.25, 0.3) is 0 Å². The van der Waals surface area contributed by atoms with Crippen molar-refractivity contribution in [3.63, 3.8) is 0 Å². The van der Waals surface area contributed by atoms with Gasteiger partial charge in [0.2, 0.25) is 5.91 Å². The van der Waals surface area contributed by atoms with Crippen LogP contribution in [-0.4, -0.2) is 34.9 Å². The summed E-state index contributed by atoms with van der Waals surface area (Å²) in [7, 11) is 0. The molecule has 0 rings (SSSR count). The van der Waals surface area contributed by atoms with Gasteiger partial charge in [0.15, 0.2) is 0 Å². The summed E-state index contributed by atoms with van der Waals surface area (Å²) >= 11 is 0. The number of unbranched alkanes of at least 4 members (excludes halogenated alkanes) is 34. The SMILES string of the molecule is CC/C=C\C/C=C\C/C=C\C/C=C\C/C=C\C/C=C\CCCCCCC(=O)NC(CO)C(O)CCCCCCCCCCCCCCCCCCCCCCCCCCCCCCCCC. The molecule has 0 aromatic carbocycles. The standard InChI is InChI=1S/C62H113NO3/c1-3-5-7-9-11-13-15-17-19-21-23-25-27-28-29-30-31-32-33-34-36-37-39-41-43-45-47-49-51-53-55-57-61(65)60(59-64)63-62(66)58-56-54-52-50-48-46-44-42-40-38-35-26-24-22-20-18-16-14-12-10-8-6-4-2/h6,8,12,14,18,20,24,26,38,40,44,46,60-61,64-65H,3-5,7,9-11,13,15-17,19,21-23,25,27-37,39,41-43,45,47-59H2,1-2H3,(H,63,66)/b8-6-,14-12-,20-18-,26-24-,40-38-,46-44-. The Labute approximate surface area is 412 Å². The van der Waals surface area contributed by atoms with E-state index in [0.29, 0.717) is 12.8 Å². The lowest BCUT2D eigenvalue weighted by atomic mass is 10.0. The lowest BCUT2D eigenvalue weighted by Gasteiger charge is -2.22. The molecule has 0 bridgehead atoms. The van der Waals surface area contributed by atoms with Gasteiger partial charge in [-0.1, -0.05) is 299 Å². The van der Waals surface area contributed by atoms with Crippen LogP contribution in [0.15, 0.2) is 72.9 Å². The smallest absolute Gasteiger partial charge is 0.220 e. The zero-order valence-electron chi connectivity index (χ0n) is 44.2. The van der Waals surface area contributed by atoms with Gasteiger partial charge in [-0.15, -0.1) is 0 Å². The van der Waals surface area contributed by atoms with E-state index in [9.17, 15) is 15.0 Å². The number of rotatable bonds is 53. The number of aliphatic hydroxyl groups is 2. The molecule has 0 aromatic rings. The molecule has 1 amide bonds. The van der Waals surface area contributed by atoms with Gasteiger partial charge in [0, 0.05) is 6.42 Å². The minimum Gasteiger partial charge on any atom is -0.394 e. The van der Waals surface area contributed by atoms with Crippen molar-refractivity contribution in [1.82, 2.24) is 5.32 Å². The van der Waals surface area contributed by atoms with Gasteiger partial charge in [-0.2, -0.15) is 0 Å². The second kappa shape index (κ2) is 57.1. The number of nitrogens with one attached hydrogen (secondary N) is 1. The van der Waals surface area contributed by atoms with E-state index in [-0.39, 0.29) is 12.5 Å². The molecule has 0 aliphatic carbocycles. The van der Waals surface area contributed by atoms with Crippen LogP contribution in [0.3, 0.4) is 0 Å². The Morgan fingerprint density at radius 3 is 1.00 bits per heavy atom. The molecule has 2 atom stereocenters. The van der Waals surface area contributed by atoms with Crippen LogP contribution in [0, 0.1) is 0 Å². The van der Waals surface area contributed by atoms with Crippen molar-refractivity contribution in [2.75, 3.05) is 6.61 Å². The van der Waals surface area contributed by atoms with Gasteiger partial charge >= 0.3 is 0 Å². The van der Waals surface area contributed by atoms with E-state index in [2.05, 4.69) is 92.1 Å². The first kappa shape index (κ1) is 63.8. The maximum atomic E-state index is 12.5. The fourth-order valence-electron chi connectivity index (χ4n) is 8.84. The highest BCUT2D eigenvalue weighted by Gasteiger charge is 2.20. The summed E-state index contributed by atoms with van der Waals surface area (Å²) in [6.07, 6.45) is 81.9. The summed E-state index contributed by atoms with van der Waals surface area (Å²) in [5.41, 5.74) is 0. The Morgan fingerprint density at radius 1 is 0.379 bits per heavy atom. The first-order chi connectivity index (χ1) is 32.7. The van der Waals surface area contributed by atoms with E-state index >= 15 is 0 Å². The largest absolute Gasteiger partial charge is 0.394 e. The number of amides is 1. The maximum Gasteiger partial charge on any atom is 0.220 e. The number of aliphatic hydroxyl groups excluding tert-OH is 2. The summed E-state index contributed by atoms with van der Waals surface area (Å²) in [6, 6.07) is -0.556. The topological polar surface area (TPSA) is 69.6 Å². The molecule has 66 heavy (non-hydrogen) atoms. The summed E-state index contributed by atoms with van der Waals surface area (Å²) < 4.78 is 0. The Kier molecular flexibility index (Phi) is 55.3. The maximum absolute atomic E-state index is 12.5. The predicted molar refractivity (Wildman–Crippen MR) is 294 cm³/mol. The van der Waals surface area contributed by atoms with Crippen molar-refractivity contribution < 1.29 is 15.0 Å². The van der Waals surface area contributed by atoms with Crippen molar-refractivity contribution in [2.24, 2.45) is 0 Å². The minimum absolute atomic E-state index is 0.0547. The molecule has 0 spiro atoms. The summed E-state index contributed by atoms with van der Waals surface area (Å²) in [4.78, 5) is 12.5. The van der Waals surface area contributed by atoms with E-state index in [1.54, 1.807) is 0 Å². The average molecular weight is 921 g/mol. The molecule has 384 valence electrons. The van der Waals surface area contributed by atoms with E-state index in [4.69, 9.17) is 0 Å². The van der Waals surface area contributed by atoms with Gasteiger partial charge in [0.1, 0.15) is 0 Å². The van der Waals surface area contributed by atoms with Crippen LogP contribution < -0.4 is 5.32 Å². The minimum atomic E-state index is -0.677. The van der Waals surface area contributed by atoms with Crippen molar-refractivity contribution in [1.29, 1.82) is 0 Å². The van der Waals surface area contributed by atoms with Crippen molar-refractivity contribution in [3.05, 3.63) is 72.9 Å². The zero-order valence-corrected chi connectivity index (χ0v) is 44.2. The van der Waals surface area contributed by atoms with Crippen LogP contribution in [0.2, 0.25) is 0 Å². The van der Waals surface area contributed by atoms with Crippen LogP contribution in [0.5, 0.6) is 0 Å². The Hall–Kier alpha value is -2.17. The lowest BCUT2D eigenvalue weighted by Crippen LogP contribution is -2.45. The molecule has 0 aliphatic heterocycles. The quantitative estimate of drug-likeness (QED) is 0.0421. The lowest BCUT2D eigenvalue weighted by molar-refractivity contribution is -0.123. The van der Waals surface area contributed by atoms with Crippen LogP contribution in [-0.2, 0) is 4.79 Å². The highest BCUT2D eigenvalue weighted by molar-refractivity contribution is 5.76. The van der Waals surface area contributed by atoms with Gasteiger partial charge in [0.25, 0.3) is 0 Å². The third-order valence-corrected chi connectivity index (χ3v) is 13.2. The molecule has 0 aliphatic rings. The van der Waals surface area contributed by atoms with Crippen LogP contribution >= 0.6 is 0 Å². The number of carbonyl (C=O) groups is 1. The monoisotopic (exact) mass is 920 g/mol. The third kappa shape index (κ3) is 52.8. The van der Waals surface area contributed by atoms with E-state index in [0.717, 1.165) is 83.5 Å². The molecule has 0 radical (unpaired) electrons. The highest BCUT2D eigenvalue weighted by Crippen LogP contribution is 2.18. The predicted octanol–water partition coefficient (Wildman–Crippen LogP) is 19.4. The molecule has 0 saturated carbocycles. The molecule has 4 nitrogen and oxygen atoms in total. The first-order valence-electron chi connectivity index (χ1n) is 29.1. The van der Waals surface area contributed by atoms with Gasteiger partial charge in [-0.3, -0.25) is 4.79 Å². The van der Waals surface area contributed by atoms with Gasteiger partial charge in [0.05, 0.1) is 18.8 Å². The van der Waals surface area contributed by atoms with E-state index in [1.807, 2.05) is 0 Å². The zero-order chi connectivity index (χ0) is 47.7. The Balaban J connectivity index is 3.49. The van der Waals surface area contributed by atoms with E-state index in [1.165, 1.54) is 186 Å². The van der Waals surface area contributed by atoms with Crippen LogP contribution in [0.4, 0.5) is 0 Å². The van der Waals surface area contributed by atoms with Crippen LogP contribution in [0.1, 0.15) is 296 Å². The molecule has 0 saturated heterocycles. The summed E-state index contributed by atoms with van der Waals surface area (Å²) in [6.45, 7) is 4.25. The van der Waals surface area contributed by atoms with Gasteiger partial charge in [-0.05, 0) is 64.2 Å². The summed E-state index contributed by atoms with van der Waals surface area (Å²) in [5.74, 6) is -0.0547. The van der Waals surface area contributed by atoms with Crippen molar-refractivity contribution in [2.45, 2.75) is 309 Å². The number of allylic oxidation sites excluding steroid dienone is 12. The average Bonchev–Trinajstić information content (AvgIpc) is 3.32. The van der Waals surface area contributed by atoms with Crippen molar-refractivity contribution in [3.8, 4) is 0 Å².